The van der Waals surface area contributed by atoms with Crippen LogP contribution in [0.4, 0.5) is 0 Å². The van der Waals surface area contributed by atoms with Crippen molar-refractivity contribution in [3.05, 3.63) is 36.2 Å². The summed E-state index contributed by atoms with van der Waals surface area (Å²) >= 11 is 0. The molecule has 0 saturated carbocycles. The molecule has 78 valence electrons. The molecule has 0 bridgehead atoms. The van der Waals surface area contributed by atoms with Crippen molar-refractivity contribution < 1.29 is 14.3 Å². The predicted octanol–water partition coefficient (Wildman–Crippen LogP) is 2.03. The van der Waals surface area contributed by atoms with E-state index in [-0.39, 0.29) is 5.69 Å². The number of para-hydroxylation sites is 1. The Bertz CT molecular complexity index is 659. The fourth-order valence-electron chi connectivity index (χ4n) is 1.68. The molecule has 16 heavy (non-hydrogen) atoms. The summed E-state index contributed by atoms with van der Waals surface area (Å²) in [7, 11) is 0. The number of hydrogen-bond donors (Lipinski definition) is 1. The number of aromatic carboxylic acids is 1. The minimum Gasteiger partial charge on any atom is -0.476 e. The number of carbonyl (C=O) groups is 1. The number of nitrogens with zero attached hydrogens (tertiary/aromatic N) is 2. The molecule has 1 aromatic rings. The quantitative estimate of drug-likeness (QED) is 0.670. The number of benzene rings is 1. The first kappa shape index (κ1) is 8.84. The lowest BCUT2D eigenvalue weighted by Crippen LogP contribution is -1.97. The van der Waals surface area contributed by atoms with Gasteiger partial charge in [-0.2, -0.15) is 0 Å². The highest BCUT2D eigenvalue weighted by molar-refractivity contribution is 6.00. The molecule has 2 heterocycles. The number of rotatable bonds is 1. The van der Waals surface area contributed by atoms with E-state index >= 15 is 0 Å². The van der Waals surface area contributed by atoms with Crippen LogP contribution in [0.3, 0.4) is 0 Å². The second-order valence-electron chi connectivity index (χ2n) is 3.35. The second kappa shape index (κ2) is 3.03. The zero-order valence-corrected chi connectivity index (χ0v) is 8.04. The van der Waals surface area contributed by atoms with Crippen molar-refractivity contribution in [3.63, 3.8) is 0 Å². The smallest absolute Gasteiger partial charge is 0.357 e. The number of aromatic nitrogens is 2. The molecule has 0 unspecified atom stereocenters. The highest BCUT2D eigenvalue weighted by atomic mass is 16.4. The summed E-state index contributed by atoms with van der Waals surface area (Å²) in [6.45, 7) is 0. The monoisotopic (exact) mass is 214 g/mol. The Morgan fingerprint density at radius 2 is 2.06 bits per heavy atom. The van der Waals surface area contributed by atoms with E-state index in [1.165, 1.54) is 6.26 Å². The van der Waals surface area contributed by atoms with E-state index in [2.05, 4.69) is 10.2 Å². The highest BCUT2D eigenvalue weighted by Gasteiger charge is 2.21. The molecular weight excluding hydrogens is 208 g/mol. The lowest BCUT2D eigenvalue weighted by atomic mass is 10.1. The van der Waals surface area contributed by atoms with Crippen LogP contribution in [-0.2, 0) is 0 Å². The molecule has 0 atom stereocenters. The van der Waals surface area contributed by atoms with E-state index < -0.39 is 5.97 Å². The van der Waals surface area contributed by atoms with Gasteiger partial charge in [-0.25, -0.2) is 4.79 Å². The van der Waals surface area contributed by atoms with E-state index in [0.29, 0.717) is 16.8 Å². The van der Waals surface area contributed by atoms with Gasteiger partial charge in [0.1, 0.15) is 17.5 Å². The number of fused-ring (bicyclic) bond motifs is 3. The summed E-state index contributed by atoms with van der Waals surface area (Å²) in [5.41, 5.74) is 1.56. The molecule has 0 fully saturated rings. The zero-order valence-electron chi connectivity index (χ0n) is 8.04. The Hall–Kier alpha value is -2.43. The van der Waals surface area contributed by atoms with Crippen LogP contribution in [0.15, 0.2) is 34.9 Å². The average Bonchev–Trinajstić information content (AvgIpc) is 2.73. The lowest BCUT2D eigenvalue weighted by Gasteiger charge is -2.01. The average molecular weight is 214 g/mol. The molecule has 5 nitrogen and oxygen atoms in total. The Kier molecular flexibility index (Phi) is 1.67. The molecule has 5 heteroatoms. The minimum absolute atomic E-state index is 0.0792. The zero-order chi connectivity index (χ0) is 11.1. The van der Waals surface area contributed by atoms with E-state index in [1.54, 1.807) is 6.07 Å². The minimum atomic E-state index is -1.10. The third-order valence-corrected chi connectivity index (χ3v) is 2.41. The Labute approximate surface area is 89.7 Å². The SMILES string of the molecule is O=C(O)c1nnc2c3ccccc3occ1-2. The van der Waals surface area contributed by atoms with Gasteiger partial charge in [0.15, 0.2) is 5.69 Å². The van der Waals surface area contributed by atoms with Crippen LogP contribution in [0.5, 0.6) is 0 Å². The number of hydrogen-bond acceptors (Lipinski definition) is 4. The Morgan fingerprint density at radius 1 is 1.25 bits per heavy atom. The van der Waals surface area contributed by atoms with E-state index in [0.717, 1.165) is 5.39 Å². The van der Waals surface area contributed by atoms with Crippen molar-refractivity contribution in [2.45, 2.75) is 0 Å². The summed E-state index contributed by atoms with van der Waals surface area (Å²) < 4.78 is 5.33. The third kappa shape index (κ3) is 1.08. The molecule has 0 saturated heterocycles. The fourth-order valence-corrected chi connectivity index (χ4v) is 1.68. The maximum atomic E-state index is 10.9. The fraction of sp³-hybridized carbons (Fsp3) is 0. The maximum absolute atomic E-state index is 10.9. The van der Waals surface area contributed by atoms with E-state index in [9.17, 15) is 4.79 Å². The van der Waals surface area contributed by atoms with Gasteiger partial charge in [-0.15, -0.1) is 10.2 Å². The van der Waals surface area contributed by atoms with Gasteiger partial charge in [0, 0.05) is 5.39 Å². The van der Waals surface area contributed by atoms with Gasteiger partial charge in [-0.3, -0.25) is 0 Å². The first-order valence-electron chi connectivity index (χ1n) is 4.63. The van der Waals surface area contributed by atoms with Gasteiger partial charge in [0.2, 0.25) is 0 Å². The van der Waals surface area contributed by atoms with Crippen molar-refractivity contribution in [2.24, 2.45) is 0 Å². The van der Waals surface area contributed by atoms with Crippen LogP contribution in [0.1, 0.15) is 10.5 Å². The van der Waals surface area contributed by atoms with Crippen LogP contribution >= 0.6 is 0 Å². The van der Waals surface area contributed by atoms with Crippen molar-refractivity contribution in [1.82, 2.24) is 10.2 Å². The topological polar surface area (TPSA) is 76.2 Å². The van der Waals surface area contributed by atoms with Crippen LogP contribution < -0.4 is 0 Å². The summed E-state index contributed by atoms with van der Waals surface area (Å²) in [6, 6.07) is 7.30. The highest BCUT2D eigenvalue weighted by Crippen LogP contribution is 2.30. The third-order valence-electron chi connectivity index (χ3n) is 2.41. The summed E-state index contributed by atoms with van der Waals surface area (Å²) in [4.78, 5) is 10.9. The van der Waals surface area contributed by atoms with E-state index in [4.69, 9.17) is 9.52 Å². The van der Waals surface area contributed by atoms with Crippen LogP contribution in [-0.4, -0.2) is 21.3 Å². The largest absolute Gasteiger partial charge is 0.476 e. The molecule has 3 rings (SSSR count). The van der Waals surface area contributed by atoms with Crippen LogP contribution in [0.25, 0.3) is 22.2 Å². The number of carboxylic acid groups (broad SMARTS) is 1. The molecule has 1 aromatic carbocycles. The maximum Gasteiger partial charge on any atom is 0.357 e. The molecule has 0 amide bonds. The van der Waals surface area contributed by atoms with Gasteiger partial charge in [-0.1, -0.05) is 12.1 Å². The molecular formula is C11H6N2O3. The lowest BCUT2D eigenvalue weighted by molar-refractivity contribution is 0.0691. The summed E-state index contributed by atoms with van der Waals surface area (Å²) in [5, 5.41) is 17.2. The Balaban J connectivity index is 2.41. The van der Waals surface area contributed by atoms with Gasteiger partial charge in [0.25, 0.3) is 0 Å². The summed E-state index contributed by atoms with van der Waals surface area (Å²) in [5.74, 6) is -1.10. The second-order valence-corrected chi connectivity index (χ2v) is 3.35. The molecule has 2 aliphatic rings. The first-order valence-corrected chi connectivity index (χ1v) is 4.63. The Morgan fingerprint density at radius 3 is 2.88 bits per heavy atom. The van der Waals surface area contributed by atoms with Crippen LogP contribution in [0.2, 0.25) is 0 Å². The molecule has 0 aliphatic carbocycles. The molecule has 0 radical (unpaired) electrons. The molecule has 0 aromatic heterocycles. The van der Waals surface area contributed by atoms with Gasteiger partial charge < -0.3 is 9.52 Å². The number of carboxylic acids is 1. The standard InChI is InChI=1S/C11H6N2O3/c14-11(15)10-7-5-16-8-4-2-1-3-6(8)9(7)12-13-10/h1-5H,(H,14,15). The van der Waals surface area contributed by atoms with Crippen molar-refractivity contribution >= 4 is 16.9 Å². The summed E-state index contributed by atoms with van der Waals surface area (Å²) in [6.07, 6.45) is 1.38. The van der Waals surface area contributed by atoms with Gasteiger partial charge in [-0.05, 0) is 12.1 Å². The van der Waals surface area contributed by atoms with Crippen molar-refractivity contribution in [1.29, 1.82) is 0 Å². The van der Waals surface area contributed by atoms with E-state index in [1.807, 2.05) is 18.2 Å². The molecule has 0 spiro atoms. The van der Waals surface area contributed by atoms with Gasteiger partial charge in [0.05, 0.1) is 5.56 Å². The molecule has 2 aliphatic heterocycles. The normalized spacial score (nSPS) is 11.0. The first-order chi connectivity index (χ1) is 7.77. The van der Waals surface area contributed by atoms with Gasteiger partial charge >= 0.3 is 5.97 Å². The van der Waals surface area contributed by atoms with Crippen molar-refractivity contribution in [2.75, 3.05) is 0 Å². The predicted molar refractivity (Wildman–Crippen MR) is 55.4 cm³/mol. The molecule has 1 N–H and O–H groups in total. The van der Waals surface area contributed by atoms with Crippen LogP contribution in [0, 0.1) is 0 Å². The van der Waals surface area contributed by atoms with Crippen molar-refractivity contribution in [3.8, 4) is 11.3 Å².